The maximum absolute atomic E-state index is 14.1. The topological polar surface area (TPSA) is 64.6 Å². The van der Waals surface area contributed by atoms with Crippen LogP contribution in [-0.4, -0.2) is 102 Å². The quantitative estimate of drug-likeness (QED) is 0.327. The Kier molecular flexibility index (Phi) is 7.04. The van der Waals surface area contributed by atoms with Crippen LogP contribution in [0.2, 0.25) is 0 Å². The molecule has 186 valence electrons. The molecule has 38 heavy (non-hydrogen) atoms. The molecular weight excluding hydrogens is 486 g/mol. The van der Waals surface area contributed by atoms with Gasteiger partial charge in [0.1, 0.15) is 80.1 Å². The van der Waals surface area contributed by atoms with Gasteiger partial charge in [-0.05, 0) is 29.3 Å². The van der Waals surface area contributed by atoms with Crippen molar-refractivity contribution in [1.82, 2.24) is 14.9 Å². The third kappa shape index (κ3) is 5.12. The highest BCUT2D eigenvalue weighted by molar-refractivity contribution is 6.61. The van der Waals surface area contributed by atoms with Gasteiger partial charge in [-0.15, -0.1) is 13.2 Å². The number of fused-ring (bicyclic) bond motifs is 1. The number of rotatable bonds is 4. The molecule has 0 N–H and O–H groups in total. The normalized spacial score (nSPS) is 15.3. The largest absolute Gasteiger partial charge is 0.573 e. The zero-order valence-corrected chi connectivity index (χ0v) is 22.9. The molecule has 0 saturated heterocycles. The number of hydrogen-bond acceptors (Lipinski definition) is 5. The van der Waals surface area contributed by atoms with Gasteiger partial charge in [0.25, 0.3) is 5.91 Å². The van der Waals surface area contributed by atoms with Crippen molar-refractivity contribution >= 4 is 90.5 Å². The number of alkyl halides is 3. The van der Waals surface area contributed by atoms with Gasteiger partial charge in [-0.3, -0.25) is 4.79 Å². The Morgan fingerprint density at radius 3 is 2.11 bits per heavy atom. The van der Waals surface area contributed by atoms with Crippen LogP contribution < -0.4 is 31.3 Å². The van der Waals surface area contributed by atoms with Crippen LogP contribution in [0, 0.1) is 0 Å². The van der Waals surface area contributed by atoms with Gasteiger partial charge in [-0.1, -0.05) is 27.9 Å². The summed E-state index contributed by atoms with van der Waals surface area (Å²) in [4.78, 5) is 24.6. The number of benzene rings is 2. The molecule has 0 bridgehead atoms. The second kappa shape index (κ2) is 9.58. The predicted molar refractivity (Wildman–Crippen MR) is 164 cm³/mol. The number of nitrogens with zero attached hydrogens (tertiary/aromatic N) is 3. The minimum Gasteiger partial charge on any atom is -0.503 e. The zero-order chi connectivity index (χ0) is 28.2. The highest BCUT2D eigenvalue weighted by Gasteiger charge is 2.42. The fourth-order valence-electron chi connectivity index (χ4n) is 5.04. The third-order valence-electron chi connectivity index (χ3n) is 7.23. The van der Waals surface area contributed by atoms with E-state index in [9.17, 15) is 18.0 Å². The molecular formula is C21H24B8F3N3O3. The van der Waals surface area contributed by atoms with Crippen molar-refractivity contribution in [2.75, 3.05) is 6.54 Å². The lowest BCUT2D eigenvalue weighted by molar-refractivity contribution is -0.273. The molecule has 1 amide bonds. The van der Waals surface area contributed by atoms with Crippen LogP contribution >= 0.6 is 0 Å². The first-order valence-corrected chi connectivity index (χ1v) is 12.3. The Hall–Kier alpha value is -3.10. The van der Waals surface area contributed by atoms with Crippen LogP contribution in [0.5, 0.6) is 11.5 Å². The van der Waals surface area contributed by atoms with E-state index in [-0.39, 0.29) is 11.7 Å². The van der Waals surface area contributed by atoms with Gasteiger partial charge in [0, 0.05) is 24.3 Å². The smallest absolute Gasteiger partial charge is 0.503 e. The fraction of sp³-hybridized carbons (Fsp3) is 0.190. The lowest BCUT2D eigenvalue weighted by atomic mass is 9.57. The summed E-state index contributed by atoms with van der Waals surface area (Å²) < 4.78 is 49.9. The number of halogens is 3. The molecule has 4 rings (SSSR count). The number of carbonyl (C=O) groups is 1. The summed E-state index contributed by atoms with van der Waals surface area (Å²) in [5.41, 5.74) is 3.89. The van der Waals surface area contributed by atoms with Crippen molar-refractivity contribution < 1.29 is 27.4 Å². The number of hydrogen-bond donors (Lipinski definition) is 0. The molecule has 0 radical (unpaired) electrons. The maximum atomic E-state index is 14.1. The Morgan fingerprint density at radius 2 is 1.55 bits per heavy atom. The number of carbonyl (C=O) groups excluding carboxylic acids is 1. The van der Waals surface area contributed by atoms with Crippen molar-refractivity contribution in [2.45, 2.75) is 17.1 Å². The first-order valence-electron chi connectivity index (χ1n) is 12.3. The third-order valence-corrected chi connectivity index (χ3v) is 7.23. The standard InChI is InChI=1S/C21H24B8F3N3O3/c22-12-11(13(23)15(25)16(14(12)24)38-21(30,31)32)8-2-3-10-9(6-8)17(36)35(7-19(26,27)37-10)20(28,29)18-33-4-1-5-34-18/h1-6H,7,22-29H2. The highest BCUT2D eigenvalue weighted by Crippen LogP contribution is 2.34. The Balaban J connectivity index is 1.87. The molecule has 0 atom stereocenters. The van der Waals surface area contributed by atoms with Crippen molar-refractivity contribution in [3.05, 3.63) is 48.0 Å². The molecule has 3 aromatic rings. The van der Waals surface area contributed by atoms with Crippen LogP contribution in [0.25, 0.3) is 11.1 Å². The van der Waals surface area contributed by atoms with Crippen molar-refractivity contribution in [2.24, 2.45) is 0 Å². The minimum absolute atomic E-state index is 0.192. The van der Waals surface area contributed by atoms with E-state index in [2.05, 4.69) is 14.7 Å². The molecule has 6 nitrogen and oxygen atoms in total. The van der Waals surface area contributed by atoms with Crippen LogP contribution in [0.1, 0.15) is 16.2 Å². The molecule has 0 aliphatic carbocycles. The summed E-state index contributed by atoms with van der Waals surface area (Å²) in [6.45, 7) is 0.293. The molecule has 0 fully saturated rings. The number of amides is 1. The second-order valence-electron chi connectivity index (χ2n) is 10.8. The number of ether oxygens (including phenoxy) is 2. The summed E-state index contributed by atoms with van der Waals surface area (Å²) in [5.74, 6) is 0.507. The second-order valence-corrected chi connectivity index (χ2v) is 10.8. The molecule has 2 aromatic carbocycles. The van der Waals surface area contributed by atoms with Crippen LogP contribution in [0.15, 0.2) is 36.7 Å². The average molecular weight is 510 g/mol. The minimum atomic E-state index is -4.80. The monoisotopic (exact) mass is 511 g/mol. The average Bonchev–Trinajstić information content (AvgIpc) is 2.94. The van der Waals surface area contributed by atoms with E-state index in [4.69, 9.17) is 4.74 Å². The summed E-state index contributed by atoms with van der Waals surface area (Å²) in [6.07, 6.45) is -1.51. The summed E-state index contributed by atoms with van der Waals surface area (Å²) in [7, 11) is 14.4. The molecule has 0 saturated carbocycles. The van der Waals surface area contributed by atoms with Gasteiger partial charge in [0.15, 0.2) is 0 Å². The van der Waals surface area contributed by atoms with E-state index >= 15 is 0 Å². The predicted octanol–water partition coefficient (Wildman–Crippen LogP) is -7.09. The van der Waals surface area contributed by atoms with E-state index in [0.29, 0.717) is 51.1 Å². The molecule has 1 aliphatic rings. The Morgan fingerprint density at radius 1 is 0.974 bits per heavy atom. The van der Waals surface area contributed by atoms with E-state index in [1.807, 2.05) is 37.5 Å². The highest BCUT2D eigenvalue weighted by atomic mass is 19.4. The van der Waals surface area contributed by atoms with Crippen LogP contribution in [-0.2, 0) is 5.34 Å². The van der Waals surface area contributed by atoms with Gasteiger partial charge >= 0.3 is 6.36 Å². The molecule has 1 aromatic heterocycles. The van der Waals surface area contributed by atoms with E-state index in [1.165, 1.54) is 0 Å². The maximum Gasteiger partial charge on any atom is 0.573 e. The van der Waals surface area contributed by atoms with E-state index in [0.717, 1.165) is 5.56 Å². The number of aromatic nitrogens is 2. The summed E-state index contributed by atoms with van der Waals surface area (Å²) in [6, 6.07) is 7.07. The zero-order valence-electron chi connectivity index (χ0n) is 22.9. The first-order chi connectivity index (χ1) is 17.5. The summed E-state index contributed by atoms with van der Waals surface area (Å²) >= 11 is 0. The van der Waals surface area contributed by atoms with Gasteiger partial charge in [-0.2, -0.15) is 0 Å². The van der Waals surface area contributed by atoms with Crippen LogP contribution in [0.3, 0.4) is 0 Å². The van der Waals surface area contributed by atoms with Crippen molar-refractivity contribution in [3.8, 4) is 22.6 Å². The molecule has 2 heterocycles. The molecule has 17 heteroatoms. The van der Waals surface area contributed by atoms with Crippen molar-refractivity contribution in [1.29, 1.82) is 0 Å². The van der Waals surface area contributed by atoms with Gasteiger partial charge < -0.3 is 14.4 Å². The lowest BCUT2D eigenvalue weighted by Gasteiger charge is -2.40. The Bertz CT molecular complexity index is 1400. The van der Waals surface area contributed by atoms with E-state index < -0.39 is 17.1 Å². The van der Waals surface area contributed by atoms with E-state index in [1.54, 1.807) is 66.9 Å². The van der Waals surface area contributed by atoms with Gasteiger partial charge in [-0.25, -0.2) is 9.97 Å². The SMILES string of the molecule is Bc1c(B)c(-c2ccc3c(c2)C(=O)N(C(B)(B)c2ncccn2)CC(B)(B)O3)c(B)c(B)c1OC(F)(F)F. The van der Waals surface area contributed by atoms with Crippen LogP contribution in [0.4, 0.5) is 13.2 Å². The van der Waals surface area contributed by atoms with Gasteiger partial charge in [0.2, 0.25) is 0 Å². The van der Waals surface area contributed by atoms with Crippen molar-refractivity contribution in [3.63, 3.8) is 0 Å². The summed E-state index contributed by atoms with van der Waals surface area (Å²) in [5, 5.41) is -1.55. The lowest BCUT2D eigenvalue weighted by Crippen LogP contribution is -2.58. The molecule has 1 aliphatic heterocycles. The Labute approximate surface area is 227 Å². The molecule has 0 unspecified atom stereocenters. The first kappa shape index (κ1) is 27.9. The van der Waals surface area contributed by atoms with Gasteiger partial charge in [0.05, 0.1) is 11.0 Å². The molecule has 0 spiro atoms. The fourth-order valence-corrected chi connectivity index (χ4v) is 5.04.